The van der Waals surface area contributed by atoms with E-state index in [4.69, 9.17) is 0 Å². The first-order chi connectivity index (χ1) is 12.1. The molecule has 3 heterocycles. The lowest BCUT2D eigenvalue weighted by molar-refractivity contribution is 0.0931. The second-order valence-electron chi connectivity index (χ2n) is 6.25. The highest BCUT2D eigenvalue weighted by Gasteiger charge is 2.23. The largest absolute Gasteiger partial charge is 0.349 e. The fourth-order valence-corrected chi connectivity index (χ4v) is 4.09. The number of aromatic nitrogens is 3. The molecule has 1 amide bonds. The molecule has 1 fully saturated rings. The number of carbonyl (C=O) groups excluding carboxylic acids is 1. The molecule has 0 spiro atoms. The van der Waals surface area contributed by atoms with E-state index in [0.29, 0.717) is 5.56 Å². The molecular weight excluding hydrogens is 341 g/mol. The maximum atomic E-state index is 13.3. The van der Waals surface area contributed by atoms with Crippen molar-refractivity contribution in [3.63, 3.8) is 0 Å². The second kappa shape index (κ2) is 6.44. The van der Waals surface area contributed by atoms with Gasteiger partial charge in [-0.3, -0.25) is 9.48 Å². The summed E-state index contributed by atoms with van der Waals surface area (Å²) in [6.45, 7) is 1.64. The van der Waals surface area contributed by atoms with Crippen LogP contribution in [-0.2, 0) is 7.05 Å². The molecule has 6 nitrogen and oxygen atoms in total. The molecule has 0 unspecified atom stereocenters. The number of nitrogens with zero attached hydrogens (tertiary/aromatic N) is 4. The van der Waals surface area contributed by atoms with E-state index < -0.39 is 0 Å². The lowest BCUT2D eigenvalue weighted by Gasteiger charge is -2.32. The molecule has 130 valence electrons. The fraction of sp³-hybridized carbons (Fsp3) is 0.353. The van der Waals surface area contributed by atoms with Crippen LogP contribution in [0.25, 0.3) is 10.2 Å². The number of amides is 1. The van der Waals surface area contributed by atoms with Crippen LogP contribution < -0.4 is 10.2 Å². The van der Waals surface area contributed by atoms with Crippen LogP contribution in [0.15, 0.2) is 30.6 Å². The van der Waals surface area contributed by atoms with Crippen LogP contribution in [0, 0.1) is 5.82 Å². The number of fused-ring (bicyclic) bond motifs is 1. The van der Waals surface area contributed by atoms with Gasteiger partial charge in [-0.2, -0.15) is 5.10 Å². The van der Waals surface area contributed by atoms with Gasteiger partial charge in [0.15, 0.2) is 5.13 Å². The Morgan fingerprint density at radius 2 is 2.16 bits per heavy atom. The van der Waals surface area contributed by atoms with Crippen molar-refractivity contribution in [1.82, 2.24) is 20.1 Å². The van der Waals surface area contributed by atoms with Gasteiger partial charge in [0.05, 0.1) is 22.0 Å². The minimum Gasteiger partial charge on any atom is -0.349 e. The molecule has 8 heteroatoms. The Bertz CT molecular complexity index is 913. The molecule has 1 aromatic carbocycles. The normalized spacial score (nSPS) is 15.7. The summed E-state index contributed by atoms with van der Waals surface area (Å²) in [6.07, 6.45) is 5.00. The molecule has 1 aliphatic heterocycles. The predicted octanol–water partition coefficient (Wildman–Crippen LogP) is 2.57. The zero-order valence-electron chi connectivity index (χ0n) is 13.8. The smallest absolute Gasteiger partial charge is 0.254 e. The third-order valence-electron chi connectivity index (χ3n) is 4.41. The summed E-state index contributed by atoms with van der Waals surface area (Å²) >= 11 is 1.51. The molecule has 1 aliphatic rings. The van der Waals surface area contributed by atoms with Crippen molar-refractivity contribution >= 4 is 32.6 Å². The maximum Gasteiger partial charge on any atom is 0.254 e. The fourth-order valence-electron chi connectivity index (χ4n) is 3.04. The van der Waals surface area contributed by atoms with Crippen molar-refractivity contribution in [2.24, 2.45) is 7.05 Å². The Labute approximate surface area is 148 Å². The molecule has 25 heavy (non-hydrogen) atoms. The molecule has 1 saturated heterocycles. The summed E-state index contributed by atoms with van der Waals surface area (Å²) in [6, 6.07) is 4.82. The molecular formula is C17H18FN5OS. The van der Waals surface area contributed by atoms with Gasteiger partial charge in [0.2, 0.25) is 0 Å². The molecule has 4 rings (SSSR count). The predicted molar refractivity (Wildman–Crippen MR) is 95.5 cm³/mol. The highest BCUT2D eigenvalue weighted by molar-refractivity contribution is 7.22. The molecule has 2 aromatic heterocycles. The van der Waals surface area contributed by atoms with Crippen LogP contribution in [-0.4, -0.2) is 39.8 Å². The standard InChI is InChI=1S/C17H18FN5OS/c1-22-10-11(9-19-22)16(24)20-13-4-6-23(7-5-13)17-21-14-3-2-12(18)8-15(14)25-17/h2-3,8-10,13H,4-7H2,1H3,(H,20,24). The lowest BCUT2D eigenvalue weighted by atomic mass is 10.1. The number of hydrogen-bond acceptors (Lipinski definition) is 5. The highest BCUT2D eigenvalue weighted by Crippen LogP contribution is 2.30. The van der Waals surface area contributed by atoms with Gasteiger partial charge < -0.3 is 10.2 Å². The zero-order valence-corrected chi connectivity index (χ0v) is 14.6. The number of thiazole rings is 1. The number of halogens is 1. The van der Waals surface area contributed by atoms with Gasteiger partial charge in [-0.15, -0.1) is 0 Å². The topological polar surface area (TPSA) is 63.1 Å². The van der Waals surface area contributed by atoms with E-state index in [2.05, 4.69) is 20.3 Å². The number of piperidine rings is 1. The zero-order chi connectivity index (χ0) is 17.4. The van der Waals surface area contributed by atoms with Crippen LogP contribution >= 0.6 is 11.3 Å². The van der Waals surface area contributed by atoms with Crippen molar-refractivity contribution in [3.05, 3.63) is 42.0 Å². The highest BCUT2D eigenvalue weighted by atomic mass is 32.1. The number of hydrogen-bond donors (Lipinski definition) is 1. The van der Waals surface area contributed by atoms with Gasteiger partial charge in [-0.25, -0.2) is 9.37 Å². The lowest BCUT2D eigenvalue weighted by Crippen LogP contribution is -2.44. The second-order valence-corrected chi connectivity index (χ2v) is 7.26. The quantitative estimate of drug-likeness (QED) is 0.781. The summed E-state index contributed by atoms with van der Waals surface area (Å²) in [5.41, 5.74) is 1.41. The van der Waals surface area contributed by atoms with Gasteiger partial charge in [0, 0.05) is 32.4 Å². The number of benzene rings is 1. The van der Waals surface area contributed by atoms with Crippen LogP contribution in [0.3, 0.4) is 0 Å². The first kappa shape index (κ1) is 16.0. The van der Waals surface area contributed by atoms with Crippen molar-refractivity contribution < 1.29 is 9.18 Å². The monoisotopic (exact) mass is 359 g/mol. The molecule has 0 aliphatic carbocycles. The molecule has 0 atom stereocenters. The summed E-state index contributed by atoms with van der Waals surface area (Å²) in [5.74, 6) is -0.318. The molecule has 0 radical (unpaired) electrons. The molecule has 0 saturated carbocycles. The van der Waals surface area contributed by atoms with Gasteiger partial charge in [-0.05, 0) is 31.0 Å². The number of aryl methyl sites for hydroxylation is 1. The molecule has 0 bridgehead atoms. The van der Waals surface area contributed by atoms with Crippen LogP contribution in [0.5, 0.6) is 0 Å². The van der Waals surface area contributed by atoms with Crippen molar-refractivity contribution in [2.75, 3.05) is 18.0 Å². The van der Waals surface area contributed by atoms with E-state index in [1.54, 1.807) is 30.2 Å². The van der Waals surface area contributed by atoms with E-state index in [1.807, 2.05) is 0 Å². The van der Waals surface area contributed by atoms with E-state index in [-0.39, 0.29) is 17.8 Å². The van der Waals surface area contributed by atoms with Crippen LogP contribution in [0.4, 0.5) is 9.52 Å². The number of carbonyl (C=O) groups is 1. The minimum absolute atomic E-state index is 0.0815. The first-order valence-electron chi connectivity index (χ1n) is 8.19. The average Bonchev–Trinajstić information content (AvgIpc) is 3.21. The minimum atomic E-state index is -0.237. The van der Waals surface area contributed by atoms with Crippen molar-refractivity contribution in [3.8, 4) is 0 Å². The summed E-state index contributed by atoms with van der Waals surface area (Å²) < 4.78 is 15.8. The van der Waals surface area contributed by atoms with Gasteiger partial charge >= 0.3 is 0 Å². The summed E-state index contributed by atoms with van der Waals surface area (Å²) in [5, 5.41) is 8.01. The van der Waals surface area contributed by atoms with Crippen LogP contribution in [0.2, 0.25) is 0 Å². The van der Waals surface area contributed by atoms with Gasteiger partial charge in [-0.1, -0.05) is 11.3 Å². The molecule has 3 aromatic rings. The summed E-state index contributed by atoms with van der Waals surface area (Å²) in [4.78, 5) is 19.0. The Morgan fingerprint density at radius 3 is 2.88 bits per heavy atom. The number of anilines is 1. The van der Waals surface area contributed by atoms with Gasteiger partial charge in [0.25, 0.3) is 5.91 Å². The van der Waals surface area contributed by atoms with E-state index in [0.717, 1.165) is 41.3 Å². The number of nitrogens with one attached hydrogen (secondary N) is 1. The van der Waals surface area contributed by atoms with E-state index in [9.17, 15) is 9.18 Å². The van der Waals surface area contributed by atoms with Crippen molar-refractivity contribution in [1.29, 1.82) is 0 Å². The third kappa shape index (κ3) is 3.34. The van der Waals surface area contributed by atoms with Crippen molar-refractivity contribution in [2.45, 2.75) is 18.9 Å². The Morgan fingerprint density at radius 1 is 1.36 bits per heavy atom. The van der Waals surface area contributed by atoms with Gasteiger partial charge in [0.1, 0.15) is 5.82 Å². The first-order valence-corrected chi connectivity index (χ1v) is 9.01. The Balaban J connectivity index is 1.38. The maximum absolute atomic E-state index is 13.3. The summed E-state index contributed by atoms with van der Waals surface area (Å²) in [7, 11) is 1.79. The Kier molecular flexibility index (Phi) is 4.12. The van der Waals surface area contributed by atoms with Crippen LogP contribution in [0.1, 0.15) is 23.2 Å². The average molecular weight is 359 g/mol. The Hall–Kier alpha value is -2.48. The van der Waals surface area contributed by atoms with E-state index >= 15 is 0 Å². The number of rotatable bonds is 3. The SMILES string of the molecule is Cn1cc(C(=O)NC2CCN(c3nc4ccc(F)cc4s3)CC2)cn1. The molecule has 1 N–H and O–H groups in total. The van der Waals surface area contributed by atoms with E-state index in [1.165, 1.54) is 23.5 Å². The third-order valence-corrected chi connectivity index (χ3v) is 5.49.